The lowest BCUT2D eigenvalue weighted by Gasteiger charge is -2.13. The van der Waals surface area contributed by atoms with Crippen molar-refractivity contribution in [1.29, 1.82) is 0 Å². The Morgan fingerprint density at radius 1 is 1.56 bits per heavy atom. The molecule has 1 aromatic carbocycles. The second-order valence-electron chi connectivity index (χ2n) is 4.29. The van der Waals surface area contributed by atoms with E-state index in [1.807, 2.05) is 30.3 Å². The number of oxime groups is 1. The van der Waals surface area contributed by atoms with Crippen molar-refractivity contribution in [3.05, 3.63) is 35.9 Å². The third-order valence-corrected chi connectivity index (χ3v) is 2.73. The average Bonchev–Trinajstić information content (AvgIpc) is 2.89. The van der Waals surface area contributed by atoms with Gasteiger partial charge in [0, 0.05) is 12.5 Å². The molecule has 5 heteroatoms. The van der Waals surface area contributed by atoms with Crippen LogP contribution < -0.4 is 5.32 Å². The normalized spacial score (nSPS) is 19.9. The van der Waals surface area contributed by atoms with Crippen molar-refractivity contribution >= 4 is 11.6 Å². The van der Waals surface area contributed by atoms with Crippen LogP contribution in [0.1, 0.15) is 18.9 Å². The van der Waals surface area contributed by atoms with Crippen LogP contribution in [0.5, 0.6) is 0 Å². The topological polar surface area (TPSA) is 70.9 Å². The quantitative estimate of drug-likeness (QED) is 0.823. The molecule has 0 saturated heterocycles. The molecule has 0 aromatic heterocycles. The van der Waals surface area contributed by atoms with Crippen LogP contribution in [0.2, 0.25) is 0 Å². The van der Waals surface area contributed by atoms with Crippen LogP contribution in [0.15, 0.2) is 35.5 Å². The number of aliphatic hydroxyl groups excluding tert-OH is 1. The van der Waals surface area contributed by atoms with Crippen LogP contribution in [0.4, 0.5) is 0 Å². The number of nitrogens with zero attached hydrogens (tertiary/aromatic N) is 1. The van der Waals surface area contributed by atoms with Crippen LogP contribution in [0.25, 0.3) is 0 Å². The van der Waals surface area contributed by atoms with E-state index in [2.05, 4.69) is 10.5 Å². The maximum absolute atomic E-state index is 11.8. The Bertz CT molecular complexity index is 445. The fourth-order valence-electron chi connectivity index (χ4n) is 1.70. The van der Waals surface area contributed by atoms with Gasteiger partial charge in [-0.2, -0.15) is 0 Å². The standard InChI is InChI=1S/C13H16N2O3/c1-9(8-16)14-13(17)12-7-11(15-18-12)10-5-3-2-4-6-10/h2-6,9,12,16H,7-8H2,1H3,(H,14,17). The minimum Gasteiger partial charge on any atom is -0.394 e. The van der Waals surface area contributed by atoms with Crippen molar-refractivity contribution in [1.82, 2.24) is 5.32 Å². The van der Waals surface area contributed by atoms with E-state index in [4.69, 9.17) is 9.94 Å². The van der Waals surface area contributed by atoms with Gasteiger partial charge in [0.15, 0.2) is 0 Å². The smallest absolute Gasteiger partial charge is 0.264 e. The van der Waals surface area contributed by atoms with Gasteiger partial charge in [0.05, 0.1) is 12.3 Å². The van der Waals surface area contributed by atoms with E-state index in [0.717, 1.165) is 11.3 Å². The summed E-state index contributed by atoms with van der Waals surface area (Å²) in [6.07, 6.45) is -0.150. The highest BCUT2D eigenvalue weighted by molar-refractivity contribution is 6.04. The Hall–Kier alpha value is -1.88. The number of nitrogens with one attached hydrogen (secondary N) is 1. The minimum atomic E-state index is -0.603. The van der Waals surface area contributed by atoms with Gasteiger partial charge < -0.3 is 15.3 Å². The van der Waals surface area contributed by atoms with E-state index in [1.54, 1.807) is 6.92 Å². The Kier molecular flexibility index (Phi) is 3.94. The zero-order chi connectivity index (χ0) is 13.0. The maximum atomic E-state index is 11.8. The van der Waals surface area contributed by atoms with Crippen LogP contribution in [-0.4, -0.2) is 35.5 Å². The van der Waals surface area contributed by atoms with Gasteiger partial charge in [0.1, 0.15) is 0 Å². The first-order chi connectivity index (χ1) is 8.70. The highest BCUT2D eigenvalue weighted by atomic mass is 16.6. The lowest BCUT2D eigenvalue weighted by Crippen LogP contribution is -2.41. The fraction of sp³-hybridized carbons (Fsp3) is 0.385. The van der Waals surface area contributed by atoms with E-state index >= 15 is 0 Å². The number of carbonyl (C=O) groups excluding carboxylic acids is 1. The highest BCUT2D eigenvalue weighted by Crippen LogP contribution is 2.16. The van der Waals surface area contributed by atoms with Gasteiger partial charge in [-0.25, -0.2) is 0 Å². The van der Waals surface area contributed by atoms with E-state index in [9.17, 15) is 4.79 Å². The maximum Gasteiger partial charge on any atom is 0.264 e. The summed E-state index contributed by atoms with van der Waals surface area (Å²) < 4.78 is 0. The molecular formula is C13H16N2O3. The zero-order valence-electron chi connectivity index (χ0n) is 10.2. The first-order valence-electron chi connectivity index (χ1n) is 5.90. The van der Waals surface area contributed by atoms with Gasteiger partial charge in [-0.15, -0.1) is 0 Å². The summed E-state index contributed by atoms with van der Waals surface area (Å²) in [7, 11) is 0. The van der Waals surface area contributed by atoms with E-state index in [0.29, 0.717) is 6.42 Å². The molecule has 2 rings (SSSR count). The van der Waals surface area contributed by atoms with Crippen molar-refractivity contribution in [2.75, 3.05) is 6.61 Å². The summed E-state index contributed by atoms with van der Waals surface area (Å²) in [5, 5.41) is 15.5. The second-order valence-corrected chi connectivity index (χ2v) is 4.29. The van der Waals surface area contributed by atoms with Gasteiger partial charge >= 0.3 is 0 Å². The molecule has 2 N–H and O–H groups in total. The van der Waals surface area contributed by atoms with Gasteiger partial charge in [-0.1, -0.05) is 35.5 Å². The van der Waals surface area contributed by atoms with E-state index < -0.39 is 6.10 Å². The number of benzene rings is 1. The number of rotatable bonds is 4. The monoisotopic (exact) mass is 248 g/mol. The molecule has 1 aliphatic rings. The Labute approximate surface area is 105 Å². The number of amides is 1. The molecule has 0 bridgehead atoms. The van der Waals surface area contributed by atoms with Crippen LogP contribution >= 0.6 is 0 Å². The average molecular weight is 248 g/mol. The first-order valence-corrected chi connectivity index (χ1v) is 5.90. The number of hydrogen-bond donors (Lipinski definition) is 2. The van der Waals surface area contributed by atoms with Crippen LogP contribution in [0, 0.1) is 0 Å². The van der Waals surface area contributed by atoms with Crippen LogP contribution in [0.3, 0.4) is 0 Å². The molecule has 1 amide bonds. The first kappa shape index (κ1) is 12.6. The third kappa shape index (κ3) is 2.87. The lowest BCUT2D eigenvalue weighted by atomic mass is 10.0. The number of aliphatic hydroxyl groups is 1. The largest absolute Gasteiger partial charge is 0.394 e. The summed E-state index contributed by atoms with van der Waals surface area (Å²) in [5.41, 5.74) is 1.73. The zero-order valence-corrected chi connectivity index (χ0v) is 10.2. The Balaban J connectivity index is 1.93. The second kappa shape index (κ2) is 5.64. The lowest BCUT2D eigenvalue weighted by molar-refractivity contribution is -0.132. The SMILES string of the molecule is CC(CO)NC(=O)C1CC(c2ccccc2)=NO1. The van der Waals surface area contributed by atoms with Crippen molar-refractivity contribution in [3.8, 4) is 0 Å². The van der Waals surface area contributed by atoms with Crippen molar-refractivity contribution in [2.24, 2.45) is 5.16 Å². The van der Waals surface area contributed by atoms with E-state index in [-0.39, 0.29) is 18.6 Å². The van der Waals surface area contributed by atoms with Crippen LogP contribution in [-0.2, 0) is 9.63 Å². The molecule has 0 saturated carbocycles. The van der Waals surface area contributed by atoms with Gasteiger partial charge in [0.2, 0.25) is 6.10 Å². The van der Waals surface area contributed by atoms with Gasteiger partial charge in [-0.05, 0) is 12.5 Å². The Morgan fingerprint density at radius 2 is 2.28 bits per heavy atom. The molecule has 2 unspecified atom stereocenters. The van der Waals surface area contributed by atoms with Gasteiger partial charge in [0.25, 0.3) is 5.91 Å². The molecule has 0 spiro atoms. The minimum absolute atomic E-state index is 0.0924. The van der Waals surface area contributed by atoms with Crippen molar-refractivity contribution in [2.45, 2.75) is 25.5 Å². The molecule has 1 heterocycles. The highest BCUT2D eigenvalue weighted by Gasteiger charge is 2.29. The molecule has 0 fully saturated rings. The predicted octanol–water partition coefficient (Wildman–Crippen LogP) is 0.677. The number of carbonyl (C=O) groups is 1. The number of hydrogen-bond acceptors (Lipinski definition) is 4. The van der Waals surface area contributed by atoms with Gasteiger partial charge in [-0.3, -0.25) is 4.79 Å². The Morgan fingerprint density at radius 3 is 2.94 bits per heavy atom. The van der Waals surface area contributed by atoms with Crippen molar-refractivity contribution in [3.63, 3.8) is 0 Å². The van der Waals surface area contributed by atoms with E-state index in [1.165, 1.54) is 0 Å². The molecule has 5 nitrogen and oxygen atoms in total. The molecule has 0 aliphatic carbocycles. The molecule has 18 heavy (non-hydrogen) atoms. The van der Waals surface area contributed by atoms with Crippen molar-refractivity contribution < 1.29 is 14.7 Å². The molecule has 2 atom stereocenters. The molecular weight excluding hydrogens is 232 g/mol. The molecule has 96 valence electrons. The molecule has 1 aromatic rings. The third-order valence-electron chi connectivity index (χ3n) is 2.73. The summed E-state index contributed by atoms with van der Waals surface area (Å²) >= 11 is 0. The molecule has 1 aliphatic heterocycles. The molecule has 0 radical (unpaired) electrons. The predicted molar refractivity (Wildman–Crippen MR) is 67.2 cm³/mol. The summed E-state index contributed by atoms with van der Waals surface area (Å²) in [6.45, 7) is 1.64. The summed E-state index contributed by atoms with van der Waals surface area (Å²) in [4.78, 5) is 16.9. The summed E-state index contributed by atoms with van der Waals surface area (Å²) in [6, 6.07) is 9.34. The fourth-order valence-corrected chi connectivity index (χ4v) is 1.70. The summed E-state index contributed by atoms with van der Waals surface area (Å²) in [5.74, 6) is -0.244.